The van der Waals surface area contributed by atoms with Crippen molar-refractivity contribution in [1.82, 2.24) is 20.6 Å². The van der Waals surface area contributed by atoms with Crippen LogP contribution in [0, 0.1) is 0 Å². The van der Waals surface area contributed by atoms with Crippen LogP contribution in [0.4, 0.5) is 0 Å². The molecule has 3 rings (SSSR count). The number of rotatable bonds is 6. The Bertz CT molecular complexity index is 858. The molecule has 0 unspecified atom stereocenters. The van der Waals surface area contributed by atoms with Crippen molar-refractivity contribution in [3.05, 3.63) is 56.8 Å². The van der Waals surface area contributed by atoms with Gasteiger partial charge in [0.15, 0.2) is 5.96 Å². The molecule has 144 valence electrons. The summed E-state index contributed by atoms with van der Waals surface area (Å²) in [6.07, 6.45) is 0. The maximum absolute atomic E-state index is 4.69. The molecule has 1 aromatic carbocycles. The summed E-state index contributed by atoms with van der Waals surface area (Å²) in [7, 11) is 1.77. The molecule has 0 aliphatic carbocycles. The van der Waals surface area contributed by atoms with Gasteiger partial charge in [-0.05, 0) is 5.92 Å². The maximum Gasteiger partial charge on any atom is 0.191 e. The molecule has 0 amide bonds. The highest BCUT2D eigenvalue weighted by atomic mass is 127. The lowest BCUT2D eigenvalue weighted by molar-refractivity contribution is 0.783. The van der Waals surface area contributed by atoms with Gasteiger partial charge in [-0.3, -0.25) is 4.99 Å². The Morgan fingerprint density at radius 2 is 1.63 bits per heavy atom. The van der Waals surface area contributed by atoms with Crippen LogP contribution in [-0.2, 0) is 13.1 Å². The minimum Gasteiger partial charge on any atom is -0.350 e. The number of aromatic nitrogens is 2. The first kappa shape index (κ1) is 21.8. The first-order valence-corrected chi connectivity index (χ1v) is 10.3. The Labute approximate surface area is 185 Å². The third kappa shape index (κ3) is 6.25. The van der Waals surface area contributed by atoms with Gasteiger partial charge in [-0.15, -0.1) is 46.7 Å². The molecule has 0 bridgehead atoms. The summed E-state index contributed by atoms with van der Waals surface area (Å²) in [5.74, 6) is 1.21. The Kier molecular flexibility index (Phi) is 8.65. The Balaban J connectivity index is 0.00000261. The number of hydrogen-bond donors (Lipinski definition) is 2. The molecule has 0 spiro atoms. The molecular weight excluding hydrogens is 489 g/mol. The van der Waals surface area contributed by atoms with E-state index < -0.39 is 0 Å². The summed E-state index contributed by atoms with van der Waals surface area (Å²) in [6.45, 7) is 5.63. The molecule has 0 saturated carbocycles. The van der Waals surface area contributed by atoms with Gasteiger partial charge in [-0.1, -0.05) is 44.2 Å². The van der Waals surface area contributed by atoms with E-state index in [9.17, 15) is 0 Å². The van der Waals surface area contributed by atoms with Gasteiger partial charge in [0, 0.05) is 23.4 Å². The summed E-state index contributed by atoms with van der Waals surface area (Å²) in [6, 6.07) is 10.2. The Morgan fingerprint density at radius 3 is 2.22 bits per heavy atom. The molecule has 0 saturated heterocycles. The fraction of sp³-hybridized carbons (Fsp3) is 0.316. The molecule has 0 atom stereocenters. The average Bonchev–Trinajstić information content (AvgIpc) is 3.32. The summed E-state index contributed by atoms with van der Waals surface area (Å²) < 4.78 is 0. The highest BCUT2D eigenvalue weighted by molar-refractivity contribution is 14.0. The molecule has 27 heavy (non-hydrogen) atoms. The SMILES string of the molecule is CN=C(NCc1nc(-c2ccccc2)cs1)NCc1nc(C(C)C)cs1.I. The lowest BCUT2D eigenvalue weighted by Gasteiger charge is -2.09. The monoisotopic (exact) mass is 513 g/mol. The lowest BCUT2D eigenvalue weighted by Crippen LogP contribution is -2.36. The highest BCUT2D eigenvalue weighted by Crippen LogP contribution is 2.21. The van der Waals surface area contributed by atoms with Gasteiger partial charge in [-0.2, -0.15) is 0 Å². The lowest BCUT2D eigenvalue weighted by atomic mass is 10.2. The van der Waals surface area contributed by atoms with Crippen molar-refractivity contribution < 1.29 is 0 Å². The normalized spacial score (nSPS) is 11.3. The molecule has 5 nitrogen and oxygen atoms in total. The third-order valence-corrected chi connectivity index (χ3v) is 5.54. The topological polar surface area (TPSA) is 62.2 Å². The van der Waals surface area contributed by atoms with Crippen molar-refractivity contribution in [3.63, 3.8) is 0 Å². The van der Waals surface area contributed by atoms with Gasteiger partial charge in [0.2, 0.25) is 0 Å². The second kappa shape index (κ2) is 10.7. The standard InChI is InChI=1S/C19H23N5S2.HI/c1-13(2)15-11-25-17(23-15)9-21-19(20-3)22-10-18-24-16(12-26-18)14-7-5-4-6-8-14;/h4-8,11-13H,9-10H2,1-3H3,(H2,20,21,22);1H. The second-order valence-electron chi connectivity index (χ2n) is 6.09. The number of hydrogen-bond acceptors (Lipinski definition) is 5. The third-order valence-electron chi connectivity index (χ3n) is 3.82. The van der Waals surface area contributed by atoms with Crippen LogP contribution in [0.2, 0.25) is 0 Å². The minimum absolute atomic E-state index is 0. The van der Waals surface area contributed by atoms with E-state index in [0.717, 1.165) is 32.9 Å². The van der Waals surface area contributed by atoms with Gasteiger partial charge >= 0.3 is 0 Å². The fourth-order valence-corrected chi connectivity index (χ4v) is 3.98. The van der Waals surface area contributed by atoms with E-state index in [1.54, 1.807) is 29.7 Å². The van der Waals surface area contributed by atoms with Crippen molar-refractivity contribution in [2.75, 3.05) is 7.05 Å². The van der Waals surface area contributed by atoms with Crippen LogP contribution in [0.25, 0.3) is 11.3 Å². The molecule has 0 radical (unpaired) electrons. The molecule has 0 fully saturated rings. The van der Waals surface area contributed by atoms with Crippen LogP contribution < -0.4 is 10.6 Å². The number of aliphatic imine (C=N–C) groups is 1. The van der Waals surface area contributed by atoms with Gasteiger partial charge in [0.25, 0.3) is 0 Å². The minimum atomic E-state index is 0. The van der Waals surface area contributed by atoms with Crippen LogP contribution in [-0.4, -0.2) is 23.0 Å². The average molecular weight is 513 g/mol. The maximum atomic E-state index is 4.69. The predicted molar refractivity (Wildman–Crippen MR) is 126 cm³/mol. The van der Waals surface area contributed by atoms with E-state index in [0.29, 0.717) is 19.0 Å². The number of halogens is 1. The van der Waals surface area contributed by atoms with Crippen molar-refractivity contribution in [1.29, 1.82) is 0 Å². The summed E-state index contributed by atoms with van der Waals surface area (Å²) in [5, 5.41) is 12.9. The van der Waals surface area contributed by atoms with Crippen molar-refractivity contribution in [3.8, 4) is 11.3 Å². The first-order valence-electron chi connectivity index (χ1n) is 8.54. The van der Waals surface area contributed by atoms with Crippen molar-refractivity contribution in [2.45, 2.75) is 32.9 Å². The van der Waals surface area contributed by atoms with E-state index in [2.05, 4.69) is 57.4 Å². The van der Waals surface area contributed by atoms with E-state index in [1.165, 1.54) is 0 Å². The molecule has 0 aliphatic rings. The van der Waals surface area contributed by atoms with Crippen molar-refractivity contribution in [2.24, 2.45) is 4.99 Å². The quantitative estimate of drug-likeness (QED) is 0.281. The van der Waals surface area contributed by atoms with Crippen LogP contribution >= 0.6 is 46.7 Å². The Morgan fingerprint density at radius 1 is 1.00 bits per heavy atom. The number of nitrogens with zero attached hydrogens (tertiary/aromatic N) is 3. The van der Waals surface area contributed by atoms with Gasteiger partial charge in [0.1, 0.15) is 10.0 Å². The number of nitrogens with one attached hydrogen (secondary N) is 2. The summed E-state index contributed by atoms with van der Waals surface area (Å²) >= 11 is 3.33. The fourth-order valence-electron chi connectivity index (χ4n) is 2.34. The molecular formula is C19H24IN5S2. The predicted octanol–water partition coefficient (Wildman–Crippen LogP) is 4.87. The molecule has 2 aromatic heterocycles. The number of guanidine groups is 1. The van der Waals surface area contributed by atoms with Gasteiger partial charge in [0.05, 0.1) is 24.5 Å². The van der Waals surface area contributed by atoms with Crippen LogP contribution in [0.1, 0.15) is 35.5 Å². The second-order valence-corrected chi connectivity index (χ2v) is 7.98. The number of thiazole rings is 2. The molecule has 8 heteroatoms. The molecule has 2 N–H and O–H groups in total. The highest BCUT2D eigenvalue weighted by Gasteiger charge is 2.08. The largest absolute Gasteiger partial charge is 0.350 e. The summed E-state index contributed by atoms with van der Waals surface area (Å²) in [4.78, 5) is 13.6. The zero-order valence-corrected chi connectivity index (χ0v) is 19.6. The van der Waals surface area contributed by atoms with E-state index in [4.69, 9.17) is 4.98 Å². The summed E-state index contributed by atoms with van der Waals surface area (Å²) in [5.41, 5.74) is 3.30. The molecule has 0 aliphatic heterocycles. The van der Waals surface area contributed by atoms with Crippen LogP contribution in [0.15, 0.2) is 46.1 Å². The zero-order valence-electron chi connectivity index (χ0n) is 15.6. The Hall–Kier alpha value is -1.52. The first-order chi connectivity index (χ1) is 12.7. The number of benzene rings is 1. The van der Waals surface area contributed by atoms with Gasteiger partial charge < -0.3 is 10.6 Å². The van der Waals surface area contributed by atoms with Crippen molar-refractivity contribution >= 4 is 52.6 Å². The smallest absolute Gasteiger partial charge is 0.191 e. The zero-order chi connectivity index (χ0) is 18.4. The van der Waals surface area contributed by atoms with E-state index >= 15 is 0 Å². The molecule has 2 heterocycles. The van der Waals surface area contributed by atoms with Gasteiger partial charge in [-0.25, -0.2) is 9.97 Å². The van der Waals surface area contributed by atoms with E-state index in [-0.39, 0.29) is 24.0 Å². The van der Waals surface area contributed by atoms with Crippen LogP contribution in [0.3, 0.4) is 0 Å². The molecule has 3 aromatic rings. The van der Waals surface area contributed by atoms with E-state index in [1.807, 2.05) is 18.2 Å². The van der Waals surface area contributed by atoms with Crippen LogP contribution in [0.5, 0.6) is 0 Å².